The molecule has 1 saturated carbocycles. The third-order valence-corrected chi connectivity index (χ3v) is 6.90. The Balaban J connectivity index is 1.35. The van der Waals surface area contributed by atoms with Crippen molar-refractivity contribution in [2.45, 2.75) is 63.5 Å². The number of nitrogens with one attached hydrogen (secondary N) is 2. The number of amides is 2. The number of carboxylic acids is 1. The van der Waals surface area contributed by atoms with Crippen molar-refractivity contribution in [2.24, 2.45) is 5.92 Å². The van der Waals surface area contributed by atoms with E-state index in [0.717, 1.165) is 35.1 Å². The molecule has 2 aromatic carbocycles. The van der Waals surface area contributed by atoms with Crippen LogP contribution in [0.4, 0.5) is 4.79 Å². The van der Waals surface area contributed by atoms with Gasteiger partial charge in [-0.1, -0.05) is 68.3 Å². The summed E-state index contributed by atoms with van der Waals surface area (Å²) in [7, 11) is 0. The van der Waals surface area contributed by atoms with E-state index in [1.165, 1.54) is 0 Å². The number of hydrogen-bond acceptors (Lipinski definition) is 4. The number of benzene rings is 2. The molecule has 4 rings (SSSR count). The molecule has 34 heavy (non-hydrogen) atoms. The van der Waals surface area contributed by atoms with E-state index in [1.807, 2.05) is 31.2 Å². The first-order chi connectivity index (χ1) is 16.5. The molecule has 1 fully saturated rings. The van der Waals surface area contributed by atoms with Crippen molar-refractivity contribution in [2.75, 3.05) is 6.61 Å². The van der Waals surface area contributed by atoms with Gasteiger partial charge in [0.2, 0.25) is 5.91 Å². The van der Waals surface area contributed by atoms with Gasteiger partial charge in [0.1, 0.15) is 12.6 Å². The van der Waals surface area contributed by atoms with Gasteiger partial charge in [0.15, 0.2) is 0 Å². The van der Waals surface area contributed by atoms with Gasteiger partial charge in [-0.15, -0.1) is 0 Å². The van der Waals surface area contributed by atoms with Gasteiger partial charge < -0.3 is 20.5 Å². The highest BCUT2D eigenvalue weighted by Gasteiger charge is 2.31. The minimum atomic E-state index is -0.819. The maximum Gasteiger partial charge on any atom is 0.407 e. The van der Waals surface area contributed by atoms with Crippen LogP contribution < -0.4 is 10.6 Å². The van der Waals surface area contributed by atoms with Crippen LogP contribution in [0.2, 0.25) is 0 Å². The molecule has 2 aliphatic rings. The van der Waals surface area contributed by atoms with E-state index in [9.17, 15) is 19.5 Å². The Bertz CT molecular complexity index is 1010. The lowest BCUT2D eigenvalue weighted by atomic mass is 9.85. The lowest BCUT2D eigenvalue weighted by Gasteiger charge is -2.29. The Morgan fingerprint density at radius 1 is 1.03 bits per heavy atom. The summed E-state index contributed by atoms with van der Waals surface area (Å²) < 4.78 is 5.60. The van der Waals surface area contributed by atoms with Crippen LogP contribution in [0, 0.1) is 5.92 Å². The van der Waals surface area contributed by atoms with Gasteiger partial charge in [-0.2, -0.15) is 0 Å². The maximum absolute atomic E-state index is 12.9. The molecule has 3 N–H and O–H groups in total. The van der Waals surface area contributed by atoms with Gasteiger partial charge in [-0.3, -0.25) is 9.59 Å². The van der Waals surface area contributed by atoms with Gasteiger partial charge in [0, 0.05) is 12.0 Å². The molecule has 180 valence electrons. The number of carbonyl (C=O) groups excluding carboxylic acids is 2. The number of aliphatic carboxylic acids is 1. The maximum atomic E-state index is 12.9. The average molecular weight is 465 g/mol. The van der Waals surface area contributed by atoms with Gasteiger partial charge >= 0.3 is 12.1 Å². The highest BCUT2D eigenvalue weighted by Crippen LogP contribution is 2.44. The van der Waals surface area contributed by atoms with E-state index in [2.05, 4.69) is 34.9 Å². The van der Waals surface area contributed by atoms with Crippen LogP contribution in [0.15, 0.2) is 48.5 Å². The average Bonchev–Trinajstić information content (AvgIpc) is 3.16. The van der Waals surface area contributed by atoms with Crippen LogP contribution in [-0.4, -0.2) is 41.8 Å². The quantitative estimate of drug-likeness (QED) is 0.535. The monoisotopic (exact) mass is 464 g/mol. The Morgan fingerprint density at radius 2 is 1.68 bits per heavy atom. The Labute approximate surface area is 199 Å². The first-order valence-corrected chi connectivity index (χ1v) is 12.1. The van der Waals surface area contributed by atoms with Crippen molar-refractivity contribution < 1.29 is 24.2 Å². The van der Waals surface area contributed by atoms with Gasteiger partial charge in [-0.25, -0.2) is 4.79 Å². The van der Waals surface area contributed by atoms with Gasteiger partial charge in [0.05, 0.1) is 5.92 Å². The standard InChI is InChI=1S/C27H32N2O5/c1-2-8-24(25(30)28-18-10-7-9-17(15-18)26(31)32)29-27(33)34-16-23-21-13-5-3-11-19(21)20-12-4-6-14-22(20)23/h3-6,11-14,17-18,23-24H,2,7-10,15-16H2,1H3,(H,28,30)(H,29,33)(H,31,32)/t17-,18+,24+/m0/s1. The minimum absolute atomic E-state index is 0.0493. The number of fused-ring (bicyclic) bond motifs is 3. The zero-order chi connectivity index (χ0) is 24.1. The van der Waals surface area contributed by atoms with E-state index in [-0.39, 0.29) is 24.5 Å². The van der Waals surface area contributed by atoms with Crippen molar-refractivity contribution in [1.82, 2.24) is 10.6 Å². The molecule has 7 nitrogen and oxygen atoms in total. The molecular formula is C27H32N2O5. The lowest BCUT2D eigenvalue weighted by Crippen LogP contribution is -2.51. The fraction of sp³-hybridized carbons (Fsp3) is 0.444. The molecule has 0 heterocycles. The van der Waals surface area contributed by atoms with Crippen molar-refractivity contribution in [1.29, 1.82) is 0 Å². The third kappa shape index (κ3) is 5.24. The fourth-order valence-corrected chi connectivity index (χ4v) is 5.19. The highest BCUT2D eigenvalue weighted by molar-refractivity contribution is 5.86. The molecule has 0 unspecified atom stereocenters. The van der Waals surface area contributed by atoms with E-state index in [4.69, 9.17) is 4.74 Å². The summed E-state index contributed by atoms with van der Waals surface area (Å²) in [4.78, 5) is 36.8. The summed E-state index contributed by atoms with van der Waals surface area (Å²) >= 11 is 0. The molecule has 0 bridgehead atoms. The van der Waals surface area contributed by atoms with Crippen LogP contribution in [0.3, 0.4) is 0 Å². The molecule has 0 aliphatic heterocycles. The molecule has 2 amide bonds. The van der Waals surface area contributed by atoms with Crippen LogP contribution in [-0.2, 0) is 14.3 Å². The zero-order valence-corrected chi connectivity index (χ0v) is 19.5. The molecule has 3 atom stereocenters. The van der Waals surface area contributed by atoms with Crippen LogP contribution in [0.1, 0.15) is 62.5 Å². The summed E-state index contributed by atoms with van der Waals surface area (Å²) in [6.07, 6.45) is 3.14. The number of carboxylic acid groups (broad SMARTS) is 1. The molecule has 2 aromatic rings. The van der Waals surface area contributed by atoms with Crippen molar-refractivity contribution in [3.8, 4) is 11.1 Å². The first-order valence-electron chi connectivity index (χ1n) is 12.1. The zero-order valence-electron chi connectivity index (χ0n) is 19.5. The summed E-state index contributed by atoms with van der Waals surface area (Å²) in [5.74, 6) is -1.59. The summed E-state index contributed by atoms with van der Waals surface area (Å²) in [5.41, 5.74) is 4.57. The highest BCUT2D eigenvalue weighted by atomic mass is 16.5. The second-order valence-electron chi connectivity index (χ2n) is 9.22. The topological polar surface area (TPSA) is 105 Å². The third-order valence-electron chi connectivity index (χ3n) is 6.90. The second kappa shape index (κ2) is 10.7. The number of carbonyl (C=O) groups is 3. The SMILES string of the molecule is CCC[C@@H](NC(=O)OCC1c2ccccc2-c2ccccc21)C(=O)N[C@@H]1CCC[C@H](C(=O)O)C1. The van der Waals surface area contributed by atoms with E-state index in [0.29, 0.717) is 25.7 Å². The van der Waals surface area contributed by atoms with E-state index in [1.54, 1.807) is 0 Å². The first kappa shape index (κ1) is 23.8. The van der Waals surface area contributed by atoms with Crippen LogP contribution >= 0.6 is 0 Å². The van der Waals surface area contributed by atoms with E-state index >= 15 is 0 Å². The molecule has 7 heteroatoms. The van der Waals surface area contributed by atoms with E-state index < -0.39 is 24.0 Å². The predicted molar refractivity (Wildman–Crippen MR) is 128 cm³/mol. The van der Waals surface area contributed by atoms with Gasteiger partial charge in [-0.05, 0) is 47.9 Å². The number of rotatable bonds is 8. The molecule has 0 saturated heterocycles. The predicted octanol–water partition coefficient (Wildman–Crippen LogP) is 4.45. The van der Waals surface area contributed by atoms with Gasteiger partial charge in [0.25, 0.3) is 0 Å². The van der Waals surface area contributed by atoms with Crippen LogP contribution in [0.25, 0.3) is 11.1 Å². The molecule has 0 radical (unpaired) electrons. The molecule has 0 spiro atoms. The summed E-state index contributed by atoms with van der Waals surface area (Å²) in [6.45, 7) is 2.13. The number of ether oxygens (including phenoxy) is 1. The lowest BCUT2D eigenvalue weighted by molar-refractivity contribution is -0.143. The second-order valence-corrected chi connectivity index (χ2v) is 9.22. The fourth-order valence-electron chi connectivity index (χ4n) is 5.19. The number of hydrogen-bond donors (Lipinski definition) is 3. The summed E-state index contributed by atoms with van der Waals surface area (Å²) in [6, 6.07) is 15.4. The Morgan fingerprint density at radius 3 is 2.29 bits per heavy atom. The van der Waals surface area contributed by atoms with Crippen molar-refractivity contribution in [3.63, 3.8) is 0 Å². The van der Waals surface area contributed by atoms with Crippen LogP contribution in [0.5, 0.6) is 0 Å². The molecule has 2 aliphatic carbocycles. The Kier molecular flexibility index (Phi) is 7.50. The number of alkyl carbamates (subject to hydrolysis) is 1. The normalized spacial score (nSPS) is 20.0. The van der Waals surface area contributed by atoms with Crippen molar-refractivity contribution >= 4 is 18.0 Å². The Hall–Kier alpha value is -3.35. The minimum Gasteiger partial charge on any atom is -0.481 e. The largest absolute Gasteiger partial charge is 0.481 e. The molecule has 0 aromatic heterocycles. The summed E-state index contributed by atoms with van der Waals surface area (Å²) in [5, 5.41) is 15.0. The van der Waals surface area contributed by atoms with Crippen molar-refractivity contribution in [3.05, 3.63) is 59.7 Å². The smallest absolute Gasteiger partial charge is 0.407 e. The molecular weight excluding hydrogens is 432 g/mol.